The molecular formula is C24H29NO3. The molecule has 4 heteroatoms. The van der Waals surface area contributed by atoms with Gasteiger partial charge in [-0.3, -0.25) is 9.59 Å². The van der Waals surface area contributed by atoms with Crippen LogP contribution in [0, 0.1) is 19.8 Å². The molecule has 1 aliphatic heterocycles. The van der Waals surface area contributed by atoms with Gasteiger partial charge in [0.2, 0.25) is 5.91 Å². The lowest BCUT2D eigenvalue weighted by Crippen LogP contribution is -2.27. The lowest BCUT2D eigenvalue weighted by molar-refractivity contribution is -0.139. The number of ether oxygens (including phenoxy) is 1. The minimum absolute atomic E-state index is 0.0368. The summed E-state index contributed by atoms with van der Waals surface area (Å²) in [6, 6.07) is 13.6. The van der Waals surface area contributed by atoms with E-state index in [1.165, 1.54) is 11.1 Å². The number of anilines is 1. The van der Waals surface area contributed by atoms with Crippen LogP contribution in [-0.4, -0.2) is 18.4 Å². The molecule has 0 aliphatic carbocycles. The first-order chi connectivity index (χ1) is 13.2. The molecule has 0 radical (unpaired) electrons. The second-order valence-corrected chi connectivity index (χ2v) is 8.36. The summed E-state index contributed by atoms with van der Waals surface area (Å²) in [6.45, 7) is 11.0. The van der Waals surface area contributed by atoms with Crippen LogP contribution in [0.3, 0.4) is 0 Å². The minimum atomic E-state index is -0.444. The molecule has 1 aliphatic rings. The van der Waals surface area contributed by atoms with Crippen molar-refractivity contribution in [1.29, 1.82) is 0 Å². The summed E-state index contributed by atoms with van der Waals surface area (Å²) >= 11 is 0. The Balaban J connectivity index is 1.67. The lowest BCUT2D eigenvalue weighted by atomic mass is 9.82. The second-order valence-electron chi connectivity index (χ2n) is 8.36. The lowest BCUT2D eigenvalue weighted by Gasteiger charge is -2.23. The monoisotopic (exact) mass is 379 g/mol. The molecule has 1 fully saturated rings. The largest absolute Gasteiger partial charge is 0.426 e. The standard InChI is InChI=1S/C24H29NO3/c1-6-24(4,5)19-8-11-21(12-9-19)28-23(27)18-14-22(26)25(15-18)20-10-7-16(2)17(3)13-20/h7-13,18H,6,14-15H2,1-5H3/t18-/m0/s1. The molecule has 3 rings (SSSR count). The number of carbonyl (C=O) groups is 2. The third-order valence-electron chi connectivity index (χ3n) is 6.00. The van der Waals surface area contributed by atoms with Crippen LogP contribution in [0.15, 0.2) is 42.5 Å². The van der Waals surface area contributed by atoms with Crippen LogP contribution >= 0.6 is 0 Å². The van der Waals surface area contributed by atoms with E-state index < -0.39 is 5.92 Å². The van der Waals surface area contributed by atoms with Crippen molar-refractivity contribution in [3.05, 3.63) is 59.2 Å². The number of aryl methyl sites for hydroxylation is 2. The molecule has 1 atom stereocenters. The van der Waals surface area contributed by atoms with Gasteiger partial charge in [-0.1, -0.05) is 39.0 Å². The summed E-state index contributed by atoms with van der Waals surface area (Å²) in [6.07, 6.45) is 1.22. The SMILES string of the molecule is CCC(C)(C)c1ccc(OC(=O)[C@H]2CC(=O)N(c3ccc(C)c(C)c3)C2)cc1. The molecule has 0 N–H and O–H groups in total. The van der Waals surface area contributed by atoms with Crippen molar-refractivity contribution in [3.8, 4) is 5.75 Å². The highest BCUT2D eigenvalue weighted by Gasteiger charge is 2.36. The van der Waals surface area contributed by atoms with Gasteiger partial charge in [0.05, 0.1) is 5.92 Å². The average molecular weight is 380 g/mol. The van der Waals surface area contributed by atoms with Gasteiger partial charge in [-0.15, -0.1) is 0 Å². The van der Waals surface area contributed by atoms with Crippen molar-refractivity contribution >= 4 is 17.6 Å². The quantitative estimate of drug-likeness (QED) is 0.545. The number of hydrogen-bond acceptors (Lipinski definition) is 3. The molecule has 1 amide bonds. The van der Waals surface area contributed by atoms with Gasteiger partial charge in [0.25, 0.3) is 0 Å². The van der Waals surface area contributed by atoms with E-state index in [4.69, 9.17) is 4.74 Å². The summed E-state index contributed by atoms with van der Waals surface area (Å²) in [5, 5.41) is 0. The maximum atomic E-state index is 12.6. The molecule has 0 aromatic heterocycles. The number of nitrogens with zero attached hydrogens (tertiary/aromatic N) is 1. The van der Waals surface area contributed by atoms with Crippen LogP contribution in [0.5, 0.6) is 5.75 Å². The zero-order valence-corrected chi connectivity index (χ0v) is 17.4. The number of rotatable bonds is 5. The fraction of sp³-hybridized carbons (Fsp3) is 0.417. The van der Waals surface area contributed by atoms with Gasteiger partial charge < -0.3 is 9.64 Å². The van der Waals surface area contributed by atoms with Crippen LogP contribution in [0.1, 0.15) is 50.3 Å². The maximum Gasteiger partial charge on any atom is 0.316 e. The summed E-state index contributed by atoms with van der Waals surface area (Å²) in [5.74, 6) is -0.300. The molecule has 28 heavy (non-hydrogen) atoms. The van der Waals surface area contributed by atoms with Crippen molar-refractivity contribution in [2.75, 3.05) is 11.4 Å². The summed E-state index contributed by atoms with van der Waals surface area (Å²) in [5.41, 5.74) is 4.46. The molecule has 4 nitrogen and oxygen atoms in total. The van der Waals surface area contributed by atoms with Crippen molar-refractivity contribution in [3.63, 3.8) is 0 Å². The van der Waals surface area contributed by atoms with Gasteiger partial charge in [0, 0.05) is 18.7 Å². The number of benzene rings is 2. The average Bonchev–Trinajstić information content (AvgIpc) is 3.06. The Labute approximate surface area is 167 Å². The molecule has 0 bridgehead atoms. The Bertz CT molecular complexity index is 883. The zero-order valence-electron chi connectivity index (χ0n) is 17.4. The molecule has 0 spiro atoms. The highest BCUT2D eigenvalue weighted by atomic mass is 16.5. The van der Waals surface area contributed by atoms with E-state index in [1.807, 2.05) is 56.3 Å². The predicted octanol–water partition coefficient (Wildman–Crippen LogP) is 4.95. The molecular weight excluding hydrogens is 350 g/mol. The van der Waals surface area contributed by atoms with E-state index in [0.29, 0.717) is 12.3 Å². The Morgan fingerprint density at radius 1 is 1.11 bits per heavy atom. The summed E-state index contributed by atoms with van der Waals surface area (Å²) in [7, 11) is 0. The predicted molar refractivity (Wildman–Crippen MR) is 112 cm³/mol. The molecule has 2 aromatic carbocycles. The van der Waals surface area contributed by atoms with Gasteiger partial charge in [-0.25, -0.2) is 0 Å². The first kappa shape index (κ1) is 20.1. The molecule has 2 aromatic rings. The van der Waals surface area contributed by atoms with E-state index in [0.717, 1.165) is 17.7 Å². The number of carbonyl (C=O) groups excluding carboxylic acids is 2. The van der Waals surface area contributed by atoms with Crippen molar-refractivity contribution in [2.45, 2.75) is 52.9 Å². The van der Waals surface area contributed by atoms with Gasteiger partial charge in [-0.05, 0) is 66.6 Å². The van der Waals surface area contributed by atoms with Crippen LogP contribution in [-0.2, 0) is 15.0 Å². The topological polar surface area (TPSA) is 46.6 Å². The van der Waals surface area contributed by atoms with Crippen molar-refractivity contribution in [1.82, 2.24) is 0 Å². The van der Waals surface area contributed by atoms with E-state index in [9.17, 15) is 9.59 Å². The fourth-order valence-corrected chi connectivity index (χ4v) is 3.39. The van der Waals surface area contributed by atoms with Crippen molar-refractivity contribution in [2.24, 2.45) is 5.92 Å². The molecule has 0 unspecified atom stereocenters. The van der Waals surface area contributed by atoms with E-state index >= 15 is 0 Å². The van der Waals surface area contributed by atoms with E-state index in [-0.39, 0.29) is 23.7 Å². The van der Waals surface area contributed by atoms with Crippen molar-refractivity contribution < 1.29 is 14.3 Å². The number of amides is 1. The van der Waals surface area contributed by atoms with Gasteiger partial charge in [0.1, 0.15) is 5.75 Å². The molecule has 148 valence electrons. The van der Waals surface area contributed by atoms with Crippen LogP contribution in [0.25, 0.3) is 0 Å². The zero-order chi connectivity index (χ0) is 20.5. The number of esters is 1. The van der Waals surface area contributed by atoms with Crippen LogP contribution in [0.4, 0.5) is 5.69 Å². The first-order valence-electron chi connectivity index (χ1n) is 9.91. The molecule has 1 heterocycles. The first-order valence-corrected chi connectivity index (χ1v) is 9.91. The summed E-state index contributed by atoms with van der Waals surface area (Å²) in [4.78, 5) is 26.7. The fourth-order valence-electron chi connectivity index (χ4n) is 3.39. The van der Waals surface area contributed by atoms with Gasteiger partial charge >= 0.3 is 5.97 Å². The Hall–Kier alpha value is -2.62. The van der Waals surface area contributed by atoms with Crippen LogP contribution in [0.2, 0.25) is 0 Å². The van der Waals surface area contributed by atoms with Gasteiger partial charge in [-0.2, -0.15) is 0 Å². The Kier molecular flexibility index (Phi) is 5.59. The van der Waals surface area contributed by atoms with E-state index in [2.05, 4.69) is 20.8 Å². The highest BCUT2D eigenvalue weighted by molar-refractivity contribution is 5.99. The van der Waals surface area contributed by atoms with Crippen LogP contribution < -0.4 is 9.64 Å². The van der Waals surface area contributed by atoms with Gasteiger partial charge in [0.15, 0.2) is 0 Å². The normalized spacial score (nSPS) is 17.1. The third-order valence-corrected chi connectivity index (χ3v) is 6.00. The highest BCUT2D eigenvalue weighted by Crippen LogP contribution is 2.30. The number of hydrogen-bond donors (Lipinski definition) is 0. The third kappa shape index (κ3) is 4.11. The van der Waals surface area contributed by atoms with E-state index in [1.54, 1.807) is 4.90 Å². The maximum absolute atomic E-state index is 12.6. The Morgan fingerprint density at radius 2 is 1.79 bits per heavy atom. The summed E-state index contributed by atoms with van der Waals surface area (Å²) < 4.78 is 5.56. The minimum Gasteiger partial charge on any atom is -0.426 e. The second kappa shape index (κ2) is 7.78. The smallest absolute Gasteiger partial charge is 0.316 e. The Morgan fingerprint density at radius 3 is 2.39 bits per heavy atom. The molecule has 0 saturated carbocycles. The molecule has 1 saturated heterocycles.